The number of hydrogen-bond acceptors (Lipinski definition) is 5. The van der Waals surface area contributed by atoms with Gasteiger partial charge in [0.1, 0.15) is 0 Å². The quantitative estimate of drug-likeness (QED) is 0.466. The summed E-state index contributed by atoms with van der Waals surface area (Å²) in [4.78, 5) is 22.7. The summed E-state index contributed by atoms with van der Waals surface area (Å²) in [6.07, 6.45) is 1.38. The number of nitrogens with one attached hydrogen (secondary N) is 1. The van der Waals surface area contributed by atoms with Crippen molar-refractivity contribution in [3.05, 3.63) is 62.7 Å². The van der Waals surface area contributed by atoms with Gasteiger partial charge in [-0.15, -0.1) is 0 Å². The van der Waals surface area contributed by atoms with Crippen LogP contribution < -0.4 is 14.8 Å². The van der Waals surface area contributed by atoms with E-state index < -0.39 is 4.92 Å². The summed E-state index contributed by atoms with van der Waals surface area (Å²) in [5, 5.41) is 13.8. The molecule has 0 atom stereocenters. The maximum Gasteiger partial charge on any atom is 0.269 e. The van der Waals surface area contributed by atoms with Gasteiger partial charge >= 0.3 is 0 Å². The number of rotatable bonds is 10. The topological polar surface area (TPSA) is 90.7 Å². The molecular weight excluding hydrogens is 384 g/mol. The lowest BCUT2D eigenvalue weighted by Gasteiger charge is -2.15. The second kappa shape index (κ2) is 10.5. The van der Waals surface area contributed by atoms with Gasteiger partial charge in [-0.2, -0.15) is 0 Å². The lowest BCUT2D eigenvalue weighted by Crippen LogP contribution is -2.25. The molecule has 0 saturated carbocycles. The number of ether oxygens (including phenoxy) is 2. The Morgan fingerprint density at radius 3 is 2.50 bits per heavy atom. The third-order valence-corrected chi connectivity index (χ3v) is 4.15. The molecule has 0 aliphatic carbocycles. The van der Waals surface area contributed by atoms with Crippen molar-refractivity contribution in [2.75, 3.05) is 19.8 Å². The third-order valence-electron chi connectivity index (χ3n) is 3.87. The lowest BCUT2D eigenvalue weighted by atomic mass is 10.1. The molecule has 0 aliphatic heterocycles. The molecule has 0 heterocycles. The lowest BCUT2D eigenvalue weighted by molar-refractivity contribution is -0.384. The van der Waals surface area contributed by atoms with E-state index in [0.717, 1.165) is 12.0 Å². The van der Waals surface area contributed by atoms with E-state index in [1.165, 1.54) is 12.1 Å². The minimum atomic E-state index is -0.445. The first-order chi connectivity index (χ1) is 13.5. The number of carbonyl (C=O) groups excluding carboxylic acids is 1. The van der Waals surface area contributed by atoms with E-state index in [9.17, 15) is 14.9 Å². The van der Waals surface area contributed by atoms with Crippen molar-refractivity contribution >= 4 is 23.2 Å². The van der Waals surface area contributed by atoms with Crippen LogP contribution in [-0.4, -0.2) is 30.6 Å². The maximum absolute atomic E-state index is 12.5. The Kier molecular flexibility index (Phi) is 8.07. The van der Waals surface area contributed by atoms with Gasteiger partial charge in [0, 0.05) is 24.2 Å². The minimum Gasteiger partial charge on any atom is -0.490 e. The van der Waals surface area contributed by atoms with Crippen molar-refractivity contribution in [1.82, 2.24) is 5.32 Å². The predicted molar refractivity (Wildman–Crippen MR) is 108 cm³/mol. The van der Waals surface area contributed by atoms with Crippen molar-refractivity contribution in [2.24, 2.45) is 0 Å². The Hall–Kier alpha value is -2.80. The number of nitro groups is 1. The van der Waals surface area contributed by atoms with Crippen LogP contribution in [0.2, 0.25) is 5.02 Å². The van der Waals surface area contributed by atoms with Crippen LogP contribution >= 0.6 is 11.6 Å². The summed E-state index contributed by atoms with van der Waals surface area (Å²) in [5.41, 5.74) is 1.31. The van der Waals surface area contributed by atoms with Crippen molar-refractivity contribution in [3.63, 3.8) is 0 Å². The summed E-state index contributed by atoms with van der Waals surface area (Å²) in [6.45, 7) is 5.13. The first-order valence-corrected chi connectivity index (χ1v) is 9.44. The second-order valence-corrected chi connectivity index (χ2v) is 6.40. The number of hydrogen-bond donors (Lipinski definition) is 1. The summed E-state index contributed by atoms with van der Waals surface area (Å²) in [5.74, 6) is 0.587. The summed E-state index contributed by atoms with van der Waals surface area (Å²) >= 11 is 6.28. The first-order valence-electron chi connectivity index (χ1n) is 9.06. The molecule has 150 valence electrons. The van der Waals surface area contributed by atoms with E-state index >= 15 is 0 Å². The van der Waals surface area contributed by atoms with E-state index in [1.54, 1.807) is 24.3 Å². The molecule has 0 aliphatic rings. The zero-order chi connectivity index (χ0) is 20.5. The molecule has 0 saturated heterocycles. The number of halogens is 1. The van der Waals surface area contributed by atoms with Crippen LogP contribution in [-0.2, 0) is 6.42 Å². The molecule has 7 nitrogen and oxygen atoms in total. The number of amides is 1. The largest absolute Gasteiger partial charge is 0.490 e. The fourth-order valence-electron chi connectivity index (χ4n) is 2.51. The number of nitrogens with zero attached hydrogens (tertiary/aromatic N) is 1. The molecule has 2 aromatic carbocycles. The normalized spacial score (nSPS) is 10.4. The Morgan fingerprint density at radius 2 is 1.89 bits per heavy atom. The monoisotopic (exact) mass is 406 g/mol. The van der Waals surface area contributed by atoms with E-state index in [0.29, 0.717) is 48.3 Å². The van der Waals surface area contributed by atoms with Gasteiger partial charge in [-0.1, -0.05) is 30.7 Å². The molecule has 2 aromatic rings. The highest BCUT2D eigenvalue weighted by Gasteiger charge is 2.16. The Bertz CT molecular complexity index is 824. The molecule has 0 radical (unpaired) electrons. The second-order valence-electron chi connectivity index (χ2n) is 6.00. The van der Waals surface area contributed by atoms with Gasteiger partial charge in [0.15, 0.2) is 11.5 Å². The van der Waals surface area contributed by atoms with Gasteiger partial charge in [-0.3, -0.25) is 14.9 Å². The molecule has 0 aromatic heterocycles. The maximum atomic E-state index is 12.5. The highest BCUT2D eigenvalue weighted by molar-refractivity contribution is 6.32. The molecule has 1 N–H and O–H groups in total. The molecule has 28 heavy (non-hydrogen) atoms. The highest BCUT2D eigenvalue weighted by atomic mass is 35.5. The molecule has 8 heteroatoms. The van der Waals surface area contributed by atoms with E-state index in [4.69, 9.17) is 21.1 Å². The SMILES string of the molecule is CCCOc1c(Cl)cc(C(=O)NCCc2ccc([N+](=O)[O-])cc2)cc1OCC. The van der Waals surface area contributed by atoms with Crippen LogP contribution in [0.5, 0.6) is 11.5 Å². The van der Waals surface area contributed by atoms with Gasteiger partial charge in [-0.25, -0.2) is 0 Å². The highest BCUT2D eigenvalue weighted by Crippen LogP contribution is 2.36. The third kappa shape index (κ3) is 5.85. The molecule has 0 spiro atoms. The van der Waals surface area contributed by atoms with Gasteiger partial charge in [0.25, 0.3) is 11.6 Å². The number of non-ortho nitro benzene ring substituents is 1. The zero-order valence-corrected chi connectivity index (χ0v) is 16.6. The molecule has 0 bridgehead atoms. The van der Waals surface area contributed by atoms with E-state index in [-0.39, 0.29) is 11.6 Å². The number of nitro benzene ring substituents is 1. The minimum absolute atomic E-state index is 0.0382. The summed E-state index contributed by atoms with van der Waals surface area (Å²) in [7, 11) is 0. The Balaban J connectivity index is 2.01. The Labute approximate surface area is 168 Å². The average molecular weight is 407 g/mol. The predicted octanol–water partition coefficient (Wildman–Crippen LogP) is 4.41. The zero-order valence-electron chi connectivity index (χ0n) is 15.9. The first kappa shape index (κ1) is 21.5. The van der Waals surface area contributed by atoms with Crippen molar-refractivity contribution in [3.8, 4) is 11.5 Å². The van der Waals surface area contributed by atoms with Gasteiger partial charge < -0.3 is 14.8 Å². The molecule has 2 rings (SSSR count). The number of benzene rings is 2. The summed E-state index contributed by atoms with van der Waals surface area (Å²) in [6, 6.07) is 9.40. The van der Waals surface area contributed by atoms with Crippen LogP contribution in [0.3, 0.4) is 0 Å². The van der Waals surface area contributed by atoms with Crippen LogP contribution in [0.15, 0.2) is 36.4 Å². The van der Waals surface area contributed by atoms with Crippen LogP contribution in [0.1, 0.15) is 36.2 Å². The van der Waals surface area contributed by atoms with Crippen LogP contribution in [0, 0.1) is 10.1 Å². The molecular formula is C20H23ClN2O5. The number of carbonyl (C=O) groups is 1. The van der Waals surface area contributed by atoms with Crippen molar-refractivity contribution in [2.45, 2.75) is 26.7 Å². The van der Waals surface area contributed by atoms with Crippen molar-refractivity contribution < 1.29 is 19.2 Å². The summed E-state index contributed by atoms with van der Waals surface area (Å²) < 4.78 is 11.2. The molecule has 1 amide bonds. The van der Waals surface area contributed by atoms with Gasteiger partial charge in [0.2, 0.25) is 0 Å². The van der Waals surface area contributed by atoms with Crippen LogP contribution in [0.4, 0.5) is 5.69 Å². The smallest absolute Gasteiger partial charge is 0.269 e. The fourth-order valence-corrected chi connectivity index (χ4v) is 2.78. The average Bonchev–Trinajstić information content (AvgIpc) is 2.67. The molecule has 0 fully saturated rings. The van der Waals surface area contributed by atoms with E-state index in [2.05, 4.69) is 5.32 Å². The molecule has 0 unspecified atom stereocenters. The van der Waals surface area contributed by atoms with Crippen molar-refractivity contribution in [1.29, 1.82) is 0 Å². The van der Waals surface area contributed by atoms with Crippen LogP contribution in [0.25, 0.3) is 0 Å². The fraction of sp³-hybridized carbons (Fsp3) is 0.350. The standard InChI is InChI=1S/C20H23ClN2O5/c1-3-11-28-19-17(21)12-15(13-18(19)27-4-2)20(24)22-10-9-14-5-7-16(8-6-14)23(25)26/h5-8,12-13H,3-4,9-11H2,1-2H3,(H,22,24). The van der Waals surface area contributed by atoms with Gasteiger partial charge in [-0.05, 0) is 37.5 Å². The Morgan fingerprint density at radius 1 is 1.18 bits per heavy atom. The van der Waals surface area contributed by atoms with E-state index in [1.807, 2.05) is 13.8 Å². The van der Waals surface area contributed by atoms with Gasteiger partial charge in [0.05, 0.1) is 23.2 Å².